The summed E-state index contributed by atoms with van der Waals surface area (Å²) in [5, 5.41) is 17.5. The van der Waals surface area contributed by atoms with Crippen LogP contribution in [0.5, 0.6) is 5.75 Å². The average molecular weight is 851 g/mol. The van der Waals surface area contributed by atoms with Crippen LogP contribution in [0.4, 0.5) is 44.2 Å². The van der Waals surface area contributed by atoms with Crippen molar-refractivity contribution in [3.05, 3.63) is 103 Å². The first-order chi connectivity index (χ1) is 30.8. The Morgan fingerprint density at radius 3 is 1.70 bits per heavy atom. The summed E-state index contributed by atoms with van der Waals surface area (Å²) in [6.45, 7) is 3.30. The molecule has 2 saturated heterocycles. The van der Waals surface area contributed by atoms with E-state index >= 15 is 0 Å². The van der Waals surface area contributed by atoms with Gasteiger partial charge in [0.25, 0.3) is 0 Å². The molecule has 4 bridgehead atoms. The van der Waals surface area contributed by atoms with Gasteiger partial charge in [-0.25, -0.2) is 19.6 Å². The number of nitrogens with one attached hydrogen (secondary N) is 1. The maximum absolute atomic E-state index is 13.0. The second-order valence-corrected chi connectivity index (χ2v) is 16.8. The molecule has 17 heteroatoms. The van der Waals surface area contributed by atoms with E-state index in [2.05, 4.69) is 45.5 Å². The minimum Gasteiger partial charge on any atom is -0.410 e. The average Bonchev–Trinajstić information content (AvgIpc) is 4.25. The van der Waals surface area contributed by atoms with E-state index in [1.165, 1.54) is 25.7 Å². The number of carbonyl (C=O) groups is 4. The van der Waals surface area contributed by atoms with E-state index < -0.39 is 6.09 Å². The van der Waals surface area contributed by atoms with E-state index in [9.17, 15) is 19.2 Å². The SMILES string of the molecule is Nc1cccnn1.O=C(CCC1CC1)c1ccc2c(n1)N(C(=O)Nc1cccnn1)[C@H]1CCN2C1.O=C(CCC1CC1)c1ccc2c(n1)N(C(=O)Oc1ccccc1)[C@H]1CCN2C1. The van der Waals surface area contributed by atoms with E-state index in [1.54, 1.807) is 70.7 Å². The molecule has 17 nitrogen and oxygen atoms in total. The summed E-state index contributed by atoms with van der Waals surface area (Å²) in [4.78, 5) is 68.3. The molecule has 324 valence electrons. The molecule has 3 N–H and O–H groups in total. The maximum atomic E-state index is 13.0. The summed E-state index contributed by atoms with van der Waals surface area (Å²) in [5.74, 6) is 3.99. The molecular formula is C46H50N12O5. The van der Waals surface area contributed by atoms with Crippen molar-refractivity contribution in [1.29, 1.82) is 0 Å². The van der Waals surface area contributed by atoms with E-state index in [0.29, 0.717) is 65.1 Å². The van der Waals surface area contributed by atoms with Crippen LogP contribution in [0.1, 0.15) is 85.2 Å². The Balaban J connectivity index is 0.000000139. The molecule has 0 unspecified atom stereocenters. The van der Waals surface area contributed by atoms with Crippen molar-refractivity contribution < 1.29 is 23.9 Å². The van der Waals surface area contributed by atoms with Crippen molar-refractivity contribution in [3.63, 3.8) is 0 Å². The standard InChI is InChI=1S/C22H23N3O3.C20H22N6O2.C4H5N3/c26-20(11-8-15-6-7-15)18-9-10-19-21(23-18)25(16-12-13-24(19)14-16)22(27)28-17-4-2-1-3-5-17;27-17(8-5-13-3-4-13)15-6-7-16-19(22-15)26(14-9-11-25(16)12-14)20(28)23-18-2-1-10-21-24-18;5-4-2-1-3-6-7-4/h1-5,9-10,15-16H,6-8,11-14H2;1-2,6-7,10,13-14H,3-5,8-9,11-12H2,(H,23,24,28);1-3H,(H2,5,7)/t16-;14-;/m00./s1. The van der Waals surface area contributed by atoms with Crippen molar-refractivity contribution in [2.24, 2.45) is 11.8 Å². The molecule has 2 atom stereocenters. The van der Waals surface area contributed by atoms with Crippen LogP contribution in [0.2, 0.25) is 0 Å². The van der Waals surface area contributed by atoms with Crippen molar-refractivity contribution in [2.75, 3.05) is 56.8 Å². The van der Waals surface area contributed by atoms with Gasteiger partial charge in [-0.05, 0) is 98.2 Å². The van der Waals surface area contributed by atoms with Gasteiger partial charge in [-0.1, -0.05) is 43.9 Å². The molecule has 2 aliphatic carbocycles. The van der Waals surface area contributed by atoms with Crippen LogP contribution in [0.3, 0.4) is 0 Å². The maximum Gasteiger partial charge on any atom is 0.421 e. The first-order valence-electron chi connectivity index (χ1n) is 21.8. The molecule has 1 aromatic carbocycles. The van der Waals surface area contributed by atoms with Gasteiger partial charge in [0.1, 0.15) is 23.0 Å². The quantitative estimate of drug-likeness (QED) is 0.136. The summed E-state index contributed by atoms with van der Waals surface area (Å²) in [7, 11) is 0. The van der Waals surface area contributed by atoms with E-state index in [4.69, 9.17) is 10.5 Å². The molecule has 4 aromatic heterocycles. The molecule has 3 amide bonds. The Morgan fingerprint density at radius 2 is 1.19 bits per heavy atom. The largest absolute Gasteiger partial charge is 0.421 e. The minimum atomic E-state index is -0.436. The van der Waals surface area contributed by atoms with Crippen LogP contribution in [0.25, 0.3) is 0 Å². The Labute approximate surface area is 365 Å². The number of benzene rings is 1. The van der Waals surface area contributed by atoms with Gasteiger partial charge in [-0.2, -0.15) is 10.2 Å². The van der Waals surface area contributed by atoms with Gasteiger partial charge in [0.15, 0.2) is 29.0 Å². The number of anilines is 6. The van der Waals surface area contributed by atoms with E-state index in [0.717, 1.165) is 63.2 Å². The van der Waals surface area contributed by atoms with Gasteiger partial charge >= 0.3 is 12.1 Å². The highest BCUT2D eigenvalue weighted by atomic mass is 16.6. The van der Waals surface area contributed by atoms with Crippen LogP contribution >= 0.6 is 0 Å². The fourth-order valence-corrected chi connectivity index (χ4v) is 8.46. The molecule has 8 heterocycles. The zero-order valence-corrected chi connectivity index (χ0v) is 35.0. The molecule has 63 heavy (non-hydrogen) atoms. The summed E-state index contributed by atoms with van der Waals surface area (Å²) >= 11 is 0. The van der Waals surface area contributed by atoms with Crippen molar-refractivity contribution >= 4 is 58.3 Å². The molecule has 4 fully saturated rings. The number of nitrogens with two attached hydrogens (primary N) is 1. The summed E-state index contributed by atoms with van der Waals surface area (Å²) in [5.41, 5.74) is 7.88. The predicted molar refractivity (Wildman–Crippen MR) is 237 cm³/mol. The monoisotopic (exact) mass is 850 g/mol. The Bertz CT molecular complexity index is 2290. The molecule has 2 saturated carbocycles. The predicted octanol–water partition coefficient (Wildman–Crippen LogP) is 6.99. The first kappa shape index (κ1) is 41.3. The topological polar surface area (TPSA) is 206 Å². The van der Waals surface area contributed by atoms with E-state index in [-0.39, 0.29) is 29.7 Å². The number of Topliss-reactive ketones (excluding diaryl/α,β-unsaturated/α-hetero) is 2. The lowest BCUT2D eigenvalue weighted by Gasteiger charge is -2.35. The van der Waals surface area contributed by atoms with Crippen LogP contribution in [0.15, 0.2) is 91.3 Å². The van der Waals surface area contributed by atoms with Gasteiger partial charge in [0, 0.05) is 51.4 Å². The van der Waals surface area contributed by atoms with Gasteiger partial charge in [-0.15, -0.1) is 10.2 Å². The normalized spacial score (nSPS) is 18.8. The number of nitrogens with zero attached hydrogens (tertiary/aromatic N) is 10. The zero-order valence-electron chi connectivity index (χ0n) is 35.0. The number of fused-ring (bicyclic) bond motifs is 8. The van der Waals surface area contributed by atoms with Gasteiger partial charge < -0.3 is 20.3 Å². The number of urea groups is 1. The van der Waals surface area contributed by atoms with Crippen LogP contribution in [-0.4, -0.2) is 92.3 Å². The first-order valence-corrected chi connectivity index (χ1v) is 21.8. The number of ether oxygens (including phenoxy) is 1. The van der Waals surface area contributed by atoms with Gasteiger partial charge in [0.2, 0.25) is 0 Å². The number of amides is 3. The lowest BCUT2D eigenvalue weighted by molar-refractivity contribution is 0.0965. The van der Waals surface area contributed by atoms with Crippen molar-refractivity contribution in [3.8, 4) is 5.75 Å². The molecular weight excluding hydrogens is 801 g/mol. The third-order valence-electron chi connectivity index (χ3n) is 12.2. The fourth-order valence-electron chi connectivity index (χ4n) is 8.46. The molecule has 0 spiro atoms. The molecule has 5 aromatic rings. The Hall–Kier alpha value is -7.04. The lowest BCUT2D eigenvalue weighted by Crippen LogP contribution is -2.48. The van der Waals surface area contributed by atoms with E-state index in [1.807, 2.05) is 30.3 Å². The number of nitrogen functional groups attached to an aromatic ring is 1. The van der Waals surface area contributed by atoms with Crippen LogP contribution < -0.4 is 35.4 Å². The van der Waals surface area contributed by atoms with Crippen molar-refractivity contribution in [1.82, 2.24) is 30.4 Å². The number of carbonyl (C=O) groups excluding carboxylic acids is 4. The molecule has 4 aliphatic heterocycles. The Kier molecular flexibility index (Phi) is 12.1. The summed E-state index contributed by atoms with van der Waals surface area (Å²) in [6.07, 6.45) is 12.3. The fraction of sp³-hybridized carbons (Fsp3) is 0.391. The third-order valence-corrected chi connectivity index (χ3v) is 12.2. The van der Waals surface area contributed by atoms with Crippen LogP contribution in [-0.2, 0) is 0 Å². The highest BCUT2D eigenvalue weighted by Crippen LogP contribution is 2.41. The third kappa shape index (κ3) is 9.87. The number of pyridine rings is 2. The second-order valence-electron chi connectivity index (χ2n) is 16.8. The summed E-state index contributed by atoms with van der Waals surface area (Å²) in [6, 6.07) is 23.1. The van der Waals surface area contributed by atoms with Crippen LogP contribution in [0, 0.1) is 11.8 Å². The lowest BCUT2D eigenvalue weighted by atomic mass is 10.1. The summed E-state index contributed by atoms with van der Waals surface area (Å²) < 4.78 is 5.59. The smallest absolute Gasteiger partial charge is 0.410 e. The van der Waals surface area contributed by atoms with Crippen molar-refractivity contribution in [2.45, 2.75) is 76.3 Å². The number of rotatable bonds is 10. The highest BCUT2D eigenvalue weighted by Gasteiger charge is 2.42. The second kappa shape index (κ2) is 18.5. The molecule has 0 radical (unpaired) electrons. The number of aromatic nitrogens is 6. The number of hydrogen-bond donors (Lipinski definition) is 2. The zero-order chi connectivity index (χ0) is 43.3. The highest BCUT2D eigenvalue weighted by molar-refractivity contribution is 6.05. The molecule has 11 rings (SSSR count). The van der Waals surface area contributed by atoms with Gasteiger partial charge in [0.05, 0.1) is 23.5 Å². The number of hydrogen-bond acceptors (Lipinski definition) is 14. The number of para-hydroxylation sites is 1. The number of ketones is 2. The Morgan fingerprint density at radius 1 is 0.635 bits per heavy atom. The molecule has 6 aliphatic rings. The minimum absolute atomic E-state index is 0.0213. The van der Waals surface area contributed by atoms with Gasteiger partial charge in [-0.3, -0.25) is 24.7 Å².